The third-order valence-corrected chi connectivity index (χ3v) is 3.13. The molecule has 24 heavy (non-hydrogen) atoms. The average Bonchev–Trinajstić information content (AvgIpc) is 2.52. The lowest BCUT2D eigenvalue weighted by Gasteiger charge is -2.06. The highest BCUT2D eigenvalue weighted by Gasteiger charge is 2.29. The monoisotopic (exact) mass is 333 g/mol. The summed E-state index contributed by atoms with van der Waals surface area (Å²) >= 11 is 0. The summed E-state index contributed by atoms with van der Waals surface area (Å²) < 4.78 is 37.4. The minimum atomic E-state index is -4.39. The molecule has 0 heterocycles. The summed E-state index contributed by atoms with van der Waals surface area (Å²) in [4.78, 5) is 23.1. The Bertz CT molecular complexity index is 778. The molecule has 0 fully saturated rings. The Morgan fingerprint density at radius 2 is 1.71 bits per heavy atom. The molecule has 0 spiro atoms. The molecule has 0 atom stereocenters. The number of amides is 1. The van der Waals surface area contributed by atoms with Crippen LogP contribution in [0, 0.1) is 0 Å². The van der Waals surface area contributed by atoms with Crippen molar-refractivity contribution in [2.75, 3.05) is 5.32 Å². The molecule has 0 aromatic heterocycles. The van der Waals surface area contributed by atoms with Gasteiger partial charge in [-0.15, -0.1) is 0 Å². The fourth-order valence-corrected chi connectivity index (χ4v) is 2.00. The second kappa shape index (κ2) is 7.12. The van der Waals surface area contributed by atoms with Crippen LogP contribution in [-0.2, 0) is 11.0 Å². The topological polar surface area (TPSA) is 46.2 Å². The maximum atomic E-state index is 12.5. The van der Waals surface area contributed by atoms with Gasteiger partial charge in [-0.25, -0.2) is 0 Å². The first-order valence-corrected chi connectivity index (χ1v) is 7.03. The molecule has 0 aliphatic rings. The fourth-order valence-electron chi connectivity index (χ4n) is 2.00. The summed E-state index contributed by atoms with van der Waals surface area (Å²) in [5, 5.41) is 2.57. The molecule has 1 N–H and O–H groups in total. The lowest BCUT2D eigenvalue weighted by atomic mass is 10.1. The summed E-state index contributed by atoms with van der Waals surface area (Å²) in [6.07, 6.45) is -1.68. The predicted molar refractivity (Wildman–Crippen MR) is 85.6 cm³/mol. The molecule has 0 unspecified atom stereocenters. The molecule has 0 radical (unpaired) electrons. The fraction of sp³-hybridized carbons (Fsp3) is 0.111. The third-order valence-electron chi connectivity index (χ3n) is 3.13. The zero-order valence-electron chi connectivity index (χ0n) is 12.7. The van der Waals surface area contributed by atoms with E-state index in [-0.39, 0.29) is 11.7 Å². The van der Waals surface area contributed by atoms with Gasteiger partial charge in [-0.05, 0) is 35.9 Å². The number of alkyl halides is 3. The standard InChI is InChI=1S/C18H14F3NO2/c1-12(23)22-16-4-2-3-14(11-16)17(24)10-7-13-5-8-15(9-6-13)18(19,20)21/h2-11H,1H3,(H,22,23)/b10-7+. The molecular weight excluding hydrogens is 319 g/mol. The number of ketones is 1. The van der Waals surface area contributed by atoms with E-state index in [1.54, 1.807) is 18.2 Å². The Kier molecular flexibility index (Phi) is 5.18. The van der Waals surface area contributed by atoms with E-state index in [9.17, 15) is 22.8 Å². The molecule has 3 nitrogen and oxygen atoms in total. The highest BCUT2D eigenvalue weighted by atomic mass is 19.4. The second-order valence-corrected chi connectivity index (χ2v) is 5.08. The Hall–Kier alpha value is -2.89. The molecule has 2 aromatic carbocycles. The van der Waals surface area contributed by atoms with Crippen LogP contribution < -0.4 is 5.32 Å². The zero-order valence-corrected chi connectivity index (χ0v) is 12.7. The molecular formula is C18H14F3NO2. The molecule has 6 heteroatoms. The molecule has 0 aliphatic carbocycles. The number of carbonyl (C=O) groups is 2. The number of hydrogen-bond donors (Lipinski definition) is 1. The normalized spacial score (nSPS) is 11.5. The Morgan fingerprint density at radius 3 is 2.29 bits per heavy atom. The van der Waals surface area contributed by atoms with Gasteiger partial charge in [0.1, 0.15) is 0 Å². The van der Waals surface area contributed by atoms with Gasteiger partial charge in [0.15, 0.2) is 5.78 Å². The zero-order chi connectivity index (χ0) is 17.7. The number of halogens is 3. The van der Waals surface area contributed by atoms with Gasteiger partial charge < -0.3 is 5.32 Å². The van der Waals surface area contributed by atoms with Crippen molar-refractivity contribution in [3.05, 3.63) is 71.3 Å². The number of carbonyl (C=O) groups excluding carboxylic acids is 2. The Labute approximate surface area is 136 Å². The van der Waals surface area contributed by atoms with Crippen molar-refractivity contribution in [2.24, 2.45) is 0 Å². The van der Waals surface area contributed by atoms with Gasteiger partial charge >= 0.3 is 6.18 Å². The number of allylic oxidation sites excluding steroid dienone is 1. The molecule has 1 amide bonds. The maximum absolute atomic E-state index is 12.5. The van der Waals surface area contributed by atoms with Crippen LogP contribution in [0.1, 0.15) is 28.4 Å². The van der Waals surface area contributed by atoms with Gasteiger partial charge in [0.2, 0.25) is 5.91 Å². The van der Waals surface area contributed by atoms with Crippen LogP contribution in [-0.4, -0.2) is 11.7 Å². The summed E-state index contributed by atoms with van der Waals surface area (Å²) in [5.41, 5.74) is 0.601. The van der Waals surface area contributed by atoms with Crippen LogP contribution >= 0.6 is 0 Å². The summed E-state index contributed by atoms with van der Waals surface area (Å²) in [5.74, 6) is -0.568. The van der Waals surface area contributed by atoms with Crippen molar-refractivity contribution >= 4 is 23.5 Å². The van der Waals surface area contributed by atoms with Crippen LogP contribution in [0.3, 0.4) is 0 Å². The minimum Gasteiger partial charge on any atom is -0.326 e. The number of hydrogen-bond acceptors (Lipinski definition) is 2. The van der Waals surface area contributed by atoms with Crippen LogP contribution in [0.5, 0.6) is 0 Å². The highest BCUT2D eigenvalue weighted by Crippen LogP contribution is 2.29. The SMILES string of the molecule is CC(=O)Nc1cccc(C(=O)/C=C/c2ccc(C(F)(F)F)cc2)c1. The van der Waals surface area contributed by atoms with E-state index in [4.69, 9.17) is 0 Å². The van der Waals surface area contributed by atoms with Crippen molar-refractivity contribution in [1.82, 2.24) is 0 Å². The molecule has 124 valence electrons. The van der Waals surface area contributed by atoms with Crippen molar-refractivity contribution in [3.63, 3.8) is 0 Å². The molecule has 2 aromatic rings. The van der Waals surface area contributed by atoms with Crippen molar-refractivity contribution < 1.29 is 22.8 Å². The predicted octanol–water partition coefficient (Wildman–Crippen LogP) is 4.56. The van der Waals surface area contributed by atoms with Crippen molar-refractivity contribution in [3.8, 4) is 0 Å². The second-order valence-electron chi connectivity index (χ2n) is 5.08. The first-order chi connectivity index (χ1) is 11.3. The molecule has 2 rings (SSSR count). The first-order valence-electron chi connectivity index (χ1n) is 7.03. The molecule has 0 aliphatic heterocycles. The van der Waals surface area contributed by atoms with Gasteiger partial charge in [-0.2, -0.15) is 13.2 Å². The number of nitrogens with one attached hydrogen (secondary N) is 1. The quantitative estimate of drug-likeness (QED) is 0.658. The Morgan fingerprint density at radius 1 is 1.04 bits per heavy atom. The largest absolute Gasteiger partial charge is 0.416 e. The molecule has 0 bridgehead atoms. The van der Waals surface area contributed by atoms with E-state index >= 15 is 0 Å². The number of benzene rings is 2. The van der Waals surface area contributed by atoms with E-state index in [0.29, 0.717) is 16.8 Å². The van der Waals surface area contributed by atoms with Crippen LogP contribution in [0.2, 0.25) is 0 Å². The van der Waals surface area contributed by atoms with Gasteiger partial charge in [0.05, 0.1) is 5.56 Å². The lowest BCUT2D eigenvalue weighted by Crippen LogP contribution is -2.06. The van der Waals surface area contributed by atoms with E-state index in [2.05, 4.69) is 5.32 Å². The van der Waals surface area contributed by atoms with E-state index < -0.39 is 11.7 Å². The summed E-state index contributed by atoms with van der Waals surface area (Å²) in [6, 6.07) is 10.9. The average molecular weight is 333 g/mol. The Balaban J connectivity index is 2.11. The summed E-state index contributed by atoms with van der Waals surface area (Å²) in [6.45, 7) is 1.36. The highest BCUT2D eigenvalue weighted by molar-refractivity contribution is 6.07. The lowest BCUT2D eigenvalue weighted by molar-refractivity contribution is -0.137. The molecule has 0 saturated heterocycles. The van der Waals surface area contributed by atoms with Gasteiger partial charge in [-0.3, -0.25) is 9.59 Å². The number of anilines is 1. The first kappa shape index (κ1) is 17.5. The maximum Gasteiger partial charge on any atom is 0.416 e. The smallest absolute Gasteiger partial charge is 0.326 e. The summed E-state index contributed by atoms with van der Waals surface area (Å²) in [7, 11) is 0. The van der Waals surface area contributed by atoms with Gasteiger partial charge in [-0.1, -0.05) is 30.3 Å². The van der Waals surface area contributed by atoms with Crippen LogP contribution in [0.15, 0.2) is 54.6 Å². The van der Waals surface area contributed by atoms with Crippen molar-refractivity contribution in [2.45, 2.75) is 13.1 Å². The van der Waals surface area contributed by atoms with Gasteiger partial charge in [0, 0.05) is 18.2 Å². The minimum absolute atomic E-state index is 0.250. The van der Waals surface area contributed by atoms with E-state index in [1.807, 2.05) is 0 Å². The van der Waals surface area contributed by atoms with E-state index in [0.717, 1.165) is 12.1 Å². The van der Waals surface area contributed by atoms with Crippen LogP contribution in [0.25, 0.3) is 6.08 Å². The van der Waals surface area contributed by atoms with Crippen molar-refractivity contribution in [1.29, 1.82) is 0 Å². The number of rotatable bonds is 4. The van der Waals surface area contributed by atoms with Gasteiger partial charge in [0.25, 0.3) is 0 Å². The van der Waals surface area contributed by atoms with Crippen LogP contribution in [0.4, 0.5) is 18.9 Å². The van der Waals surface area contributed by atoms with E-state index in [1.165, 1.54) is 37.3 Å². The molecule has 0 saturated carbocycles. The third kappa shape index (κ3) is 4.81.